The molecule has 0 bridgehead atoms. The second kappa shape index (κ2) is 6.89. The Morgan fingerprint density at radius 3 is 3.14 bits per heavy atom. The van der Waals surface area contributed by atoms with Crippen molar-refractivity contribution in [3.8, 4) is 5.75 Å². The zero-order valence-electron chi connectivity index (χ0n) is 13.0. The fourth-order valence-electron chi connectivity index (χ4n) is 2.94. The van der Waals surface area contributed by atoms with Crippen LogP contribution in [-0.4, -0.2) is 35.0 Å². The van der Waals surface area contributed by atoms with Crippen molar-refractivity contribution in [2.45, 2.75) is 19.1 Å². The van der Waals surface area contributed by atoms with Crippen LogP contribution in [0, 0.1) is 5.92 Å². The molecule has 1 aliphatic rings. The van der Waals surface area contributed by atoms with Crippen molar-refractivity contribution in [1.82, 2.24) is 20.1 Å². The van der Waals surface area contributed by atoms with E-state index in [-0.39, 0.29) is 6.10 Å². The number of rotatable bonds is 6. The molecule has 0 unspecified atom stereocenters. The summed E-state index contributed by atoms with van der Waals surface area (Å²) in [7, 11) is 3.61. The molecular weight excluding hydrogens is 280 g/mol. The van der Waals surface area contributed by atoms with Crippen molar-refractivity contribution < 1.29 is 9.47 Å². The van der Waals surface area contributed by atoms with E-state index in [1.54, 1.807) is 13.3 Å². The second-order valence-corrected chi connectivity index (χ2v) is 5.61. The lowest BCUT2D eigenvalue weighted by Gasteiger charge is -2.18. The molecule has 1 N–H and O–H groups in total. The molecule has 6 heteroatoms. The normalized spacial score (nSPS) is 21.2. The van der Waals surface area contributed by atoms with E-state index in [0.717, 1.165) is 43.0 Å². The lowest BCUT2D eigenvalue weighted by Crippen LogP contribution is -2.24. The third-order valence-corrected chi connectivity index (χ3v) is 4.07. The van der Waals surface area contributed by atoms with Crippen LogP contribution in [0.15, 0.2) is 30.9 Å². The van der Waals surface area contributed by atoms with Crippen LogP contribution in [-0.2, 0) is 18.3 Å². The quantitative estimate of drug-likeness (QED) is 0.880. The molecule has 2 aromatic heterocycles. The van der Waals surface area contributed by atoms with E-state index in [2.05, 4.69) is 15.4 Å². The Morgan fingerprint density at radius 2 is 2.36 bits per heavy atom. The number of methoxy groups -OCH3 is 1. The van der Waals surface area contributed by atoms with Gasteiger partial charge in [0.25, 0.3) is 0 Å². The van der Waals surface area contributed by atoms with Gasteiger partial charge in [-0.2, -0.15) is 5.10 Å². The van der Waals surface area contributed by atoms with Gasteiger partial charge in [-0.3, -0.25) is 9.67 Å². The van der Waals surface area contributed by atoms with Gasteiger partial charge in [-0.05, 0) is 12.5 Å². The highest BCUT2D eigenvalue weighted by Crippen LogP contribution is 2.33. The Balaban J connectivity index is 1.56. The van der Waals surface area contributed by atoms with Gasteiger partial charge in [0.1, 0.15) is 5.75 Å². The van der Waals surface area contributed by atoms with Gasteiger partial charge in [0.2, 0.25) is 0 Å². The zero-order chi connectivity index (χ0) is 15.4. The molecule has 22 heavy (non-hydrogen) atoms. The Kier molecular flexibility index (Phi) is 4.70. The summed E-state index contributed by atoms with van der Waals surface area (Å²) in [4.78, 5) is 4.15. The number of ether oxygens (including phenoxy) is 2. The standard InChI is InChI=1S/C16H22N4O2/c1-20-11-14(10-19-20)16-12(4-6-22-16)7-18-9-13-8-17-5-3-15(13)21-2/h3,5,8,10-12,16,18H,4,6-7,9H2,1-2H3/t12-,16+/m1/s1. The minimum atomic E-state index is 0.136. The molecule has 0 saturated carbocycles. The number of aromatic nitrogens is 3. The predicted octanol–water partition coefficient (Wildman–Crippen LogP) is 1.69. The van der Waals surface area contributed by atoms with E-state index < -0.39 is 0 Å². The summed E-state index contributed by atoms with van der Waals surface area (Å²) in [5.74, 6) is 1.33. The van der Waals surface area contributed by atoms with Crippen LogP contribution in [0.1, 0.15) is 23.7 Å². The molecule has 2 aromatic rings. The van der Waals surface area contributed by atoms with Gasteiger partial charge in [-0.15, -0.1) is 0 Å². The minimum absolute atomic E-state index is 0.136. The first-order valence-corrected chi connectivity index (χ1v) is 7.55. The van der Waals surface area contributed by atoms with Crippen LogP contribution >= 0.6 is 0 Å². The van der Waals surface area contributed by atoms with Gasteiger partial charge in [-0.25, -0.2) is 0 Å². The Morgan fingerprint density at radius 1 is 1.45 bits per heavy atom. The molecule has 0 aromatic carbocycles. The summed E-state index contributed by atoms with van der Waals surface area (Å²) in [6, 6.07) is 1.88. The predicted molar refractivity (Wildman–Crippen MR) is 82.5 cm³/mol. The van der Waals surface area contributed by atoms with Gasteiger partial charge in [0.15, 0.2) is 0 Å². The highest BCUT2D eigenvalue weighted by atomic mass is 16.5. The monoisotopic (exact) mass is 302 g/mol. The number of hydrogen-bond donors (Lipinski definition) is 1. The molecule has 1 saturated heterocycles. The third-order valence-electron chi connectivity index (χ3n) is 4.07. The van der Waals surface area contributed by atoms with E-state index in [1.165, 1.54) is 0 Å². The second-order valence-electron chi connectivity index (χ2n) is 5.61. The van der Waals surface area contributed by atoms with E-state index >= 15 is 0 Å². The van der Waals surface area contributed by atoms with Crippen molar-refractivity contribution in [1.29, 1.82) is 0 Å². The van der Waals surface area contributed by atoms with Crippen molar-refractivity contribution in [3.63, 3.8) is 0 Å². The lowest BCUT2D eigenvalue weighted by atomic mass is 9.97. The largest absolute Gasteiger partial charge is 0.496 e. The molecule has 118 valence electrons. The SMILES string of the molecule is COc1ccncc1CNC[C@H]1CCO[C@@H]1c1cnn(C)c1. The smallest absolute Gasteiger partial charge is 0.126 e. The van der Waals surface area contributed by atoms with Crippen LogP contribution in [0.4, 0.5) is 0 Å². The first-order valence-electron chi connectivity index (χ1n) is 7.55. The fourth-order valence-corrected chi connectivity index (χ4v) is 2.94. The molecule has 1 fully saturated rings. The molecule has 6 nitrogen and oxygen atoms in total. The Bertz CT molecular complexity index is 614. The summed E-state index contributed by atoms with van der Waals surface area (Å²) < 4.78 is 13.0. The Hall–Kier alpha value is -1.92. The summed E-state index contributed by atoms with van der Waals surface area (Å²) in [5.41, 5.74) is 2.23. The number of pyridine rings is 1. The van der Waals surface area contributed by atoms with E-state index in [1.807, 2.05) is 36.4 Å². The van der Waals surface area contributed by atoms with E-state index in [0.29, 0.717) is 5.92 Å². The first-order chi connectivity index (χ1) is 10.8. The average molecular weight is 302 g/mol. The van der Waals surface area contributed by atoms with Crippen molar-refractivity contribution in [2.75, 3.05) is 20.3 Å². The molecule has 1 aliphatic heterocycles. The van der Waals surface area contributed by atoms with Gasteiger partial charge in [-0.1, -0.05) is 0 Å². The number of nitrogens with one attached hydrogen (secondary N) is 1. The first kappa shape index (κ1) is 15.0. The molecular formula is C16H22N4O2. The number of aryl methyl sites for hydroxylation is 1. The number of nitrogens with zero attached hydrogens (tertiary/aromatic N) is 3. The zero-order valence-corrected chi connectivity index (χ0v) is 13.0. The topological polar surface area (TPSA) is 61.2 Å². The summed E-state index contributed by atoms with van der Waals surface area (Å²) in [5, 5.41) is 7.74. The van der Waals surface area contributed by atoms with E-state index in [4.69, 9.17) is 9.47 Å². The van der Waals surface area contributed by atoms with Gasteiger partial charge in [0.05, 0.1) is 19.4 Å². The maximum Gasteiger partial charge on any atom is 0.126 e. The lowest BCUT2D eigenvalue weighted by molar-refractivity contribution is 0.0904. The van der Waals surface area contributed by atoms with Crippen LogP contribution in [0.3, 0.4) is 0 Å². The average Bonchev–Trinajstić information content (AvgIpc) is 3.16. The maximum atomic E-state index is 5.88. The van der Waals surface area contributed by atoms with Gasteiger partial charge in [0, 0.05) is 62.4 Å². The van der Waals surface area contributed by atoms with Crippen LogP contribution in [0.5, 0.6) is 5.75 Å². The van der Waals surface area contributed by atoms with Gasteiger partial charge >= 0.3 is 0 Å². The molecule has 0 spiro atoms. The highest BCUT2D eigenvalue weighted by Gasteiger charge is 2.30. The van der Waals surface area contributed by atoms with Crippen LogP contribution < -0.4 is 10.1 Å². The van der Waals surface area contributed by atoms with E-state index in [9.17, 15) is 0 Å². The van der Waals surface area contributed by atoms with Gasteiger partial charge < -0.3 is 14.8 Å². The van der Waals surface area contributed by atoms with Crippen molar-refractivity contribution >= 4 is 0 Å². The molecule has 3 heterocycles. The molecule has 3 rings (SSSR count). The van der Waals surface area contributed by atoms with Crippen molar-refractivity contribution in [2.24, 2.45) is 13.0 Å². The summed E-state index contributed by atoms with van der Waals surface area (Å²) in [6.07, 6.45) is 8.72. The summed E-state index contributed by atoms with van der Waals surface area (Å²) in [6.45, 7) is 2.45. The van der Waals surface area contributed by atoms with Crippen LogP contribution in [0.2, 0.25) is 0 Å². The Labute approximate surface area is 130 Å². The molecule has 0 amide bonds. The summed E-state index contributed by atoms with van der Waals surface area (Å²) >= 11 is 0. The number of hydrogen-bond acceptors (Lipinski definition) is 5. The molecule has 2 atom stereocenters. The minimum Gasteiger partial charge on any atom is -0.496 e. The fraction of sp³-hybridized carbons (Fsp3) is 0.500. The van der Waals surface area contributed by atoms with Crippen LogP contribution in [0.25, 0.3) is 0 Å². The maximum absolute atomic E-state index is 5.88. The molecule has 0 aliphatic carbocycles. The third kappa shape index (κ3) is 3.28. The van der Waals surface area contributed by atoms with Crippen molar-refractivity contribution in [3.05, 3.63) is 42.0 Å². The molecule has 0 radical (unpaired) electrons. The highest BCUT2D eigenvalue weighted by molar-refractivity contribution is 5.29.